The Morgan fingerprint density at radius 2 is 1.80 bits per heavy atom. The fraction of sp³-hybridized carbons (Fsp3) is 0.375. The summed E-state index contributed by atoms with van der Waals surface area (Å²) in [5.74, 6) is -3.30. The van der Waals surface area contributed by atoms with Gasteiger partial charge in [0.1, 0.15) is 6.20 Å². The van der Waals surface area contributed by atoms with Crippen molar-refractivity contribution in [1.82, 2.24) is 4.98 Å². The van der Waals surface area contributed by atoms with E-state index >= 15 is 0 Å². The fourth-order valence-corrected chi connectivity index (χ4v) is 1.22. The first-order valence-electron chi connectivity index (χ1n) is 4.51. The van der Waals surface area contributed by atoms with Gasteiger partial charge in [0.05, 0.1) is 12.0 Å². The second kappa shape index (κ2) is 5.02. The van der Waals surface area contributed by atoms with Crippen LogP contribution < -0.4 is 9.47 Å². The molecule has 1 rings (SSSR count). The van der Waals surface area contributed by atoms with E-state index in [2.05, 4.69) is 14.5 Å². The molecule has 20 heavy (non-hydrogen) atoms. The molecule has 0 aliphatic carbocycles. The maximum Gasteiger partial charge on any atom is 0.573 e. The third-order valence-corrected chi connectivity index (χ3v) is 1.87. The summed E-state index contributed by atoms with van der Waals surface area (Å²) in [6.45, 7) is 0. The van der Waals surface area contributed by atoms with E-state index in [0.29, 0.717) is 7.11 Å². The molecule has 0 aliphatic rings. The highest BCUT2D eigenvalue weighted by atomic mass is 19.4. The largest absolute Gasteiger partial charge is 0.573 e. The number of nitro groups is 1. The van der Waals surface area contributed by atoms with Gasteiger partial charge in [0, 0.05) is 0 Å². The first-order valence-corrected chi connectivity index (χ1v) is 4.51. The molecule has 0 saturated heterocycles. The molecule has 0 spiro atoms. The van der Waals surface area contributed by atoms with Crippen LogP contribution in [0.25, 0.3) is 0 Å². The first-order chi connectivity index (χ1) is 8.97. The molecule has 0 N–H and O–H groups in total. The number of aromatic nitrogens is 1. The summed E-state index contributed by atoms with van der Waals surface area (Å²) in [7, 11) is 0.709. The number of hydrogen-bond acceptors (Lipinski definition) is 5. The summed E-state index contributed by atoms with van der Waals surface area (Å²) in [5, 5.41) is 10.5. The van der Waals surface area contributed by atoms with Crippen molar-refractivity contribution in [2.45, 2.75) is 12.5 Å². The van der Waals surface area contributed by atoms with E-state index in [1.54, 1.807) is 0 Å². The van der Waals surface area contributed by atoms with Crippen LogP contribution >= 0.6 is 0 Å². The summed E-state index contributed by atoms with van der Waals surface area (Å²) < 4.78 is 81.8. The predicted molar refractivity (Wildman–Crippen MR) is 49.1 cm³/mol. The lowest BCUT2D eigenvalue weighted by Crippen LogP contribution is -2.22. The average Bonchev–Trinajstić information content (AvgIpc) is 2.23. The van der Waals surface area contributed by atoms with Crippen molar-refractivity contribution >= 4 is 5.69 Å². The number of methoxy groups -OCH3 is 1. The lowest BCUT2D eigenvalue weighted by atomic mass is 10.2. The molecule has 1 aromatic heterocycles. The molecule has 12 heteroatoms. The van der Waals surface area contributed by atoms with Gasteiger partial charge in [-0.05, 0) is 0 Å². The number of pyridine rings is 1. The van der Waals surface area contributed by atoms with Crippen LogP contribution in [-0.4, -0.2) is 23.4 Å². The van der Waals surface area contributed by atoms with Crippen molar-refractivity contribution in [1.29, 1.82) is 0 Å². The monoisotopic (exact) mass is 306 g/mol. The summed E-state index contributed by atoms with van der Waals surface area (Å²) in [6.07, 6.45) is -10.8. The maximum absolute atomic E-state index is 12.7. The van der Waals surface area contributed by atoms with Crippen LogP contribution in [0.15, 0.2) is 6.20 Å². The lowest BCUT2D eigenvalue weighted by molar-refractivity contribution is -0.389. The Morgan fingerprint density at radius 1 is 1.25 bits per heavy atom. The predicted octanol–water partition coefficient (Wildman–Crippen LogP) is 2.92. The molecule has 0 aliphatic heterocycles. The Morgan fingerprint density at radius 3 is 2.15 bits per heavy atom. The zero-order chi connectivity index (χ0) is 15.7. The number of hydrogen-bond donors (Lipinski definition) is 0. The Kier molecular flexibility index (Phi) is 3.96. The van der Waals surface area contributed by atoms with Gasteiger partial charge in [-0.2, -0.15) is 13.2 Å². The second-order valence-electron chi connectivity index (χ2n) is 3.16. The van der Waals surface area contributed by atoms with Gasteiger partial charge >= 0.3 is 18.2 Å². The van der Waals surface area contributed by atoms with E-state index in [1.807, 2.05) is 0 Å². The highest BCUT2D eigenvalue weighted by Gasteiger charge is 2.46. The molecular formula is C8H4F6N2O4. The van der Waals surface area contributed by atoms with Crippen molar-refractivity contribution in [3.63, 3.8) is 0 Å². The smallest absolute Gasteiger partial charge is 0.480 e. The van der Waals surface area contributed by atoms with Gasteiger partial charge in [-0.1, -0.05) is 0 Å². The van der Waals surface area contributed by atoms with Gasteiger partial charge in [-0.25, -0.2) is 4.98 Å². The molecule has 0 fully saturated rings. The van der Waals surface area contributed by atoms with Gasteiger partial charge in [0.2, 0.25) is 11.6 Å². The summed E-state index contributed by atoms with van der Waals surface area (Å²) in [5.41, 5.74) is -3.71. The number of ether oxygens (including phenoxy) is 2. The van der Waals surface area contributed by atoms with Gasteiger partial charge in [-0.3, -0.25) is 10.1 Å². The molecule has 0 bridgehead atoms. The Hall–Kier alpha value is -2.27. The number of halogens is 6. The zero-order valence-corrected chi connectivity index (χ0v) is 9.37. The SMILES string of the molecule is COc1ncc([N+](=O)[O-])c(OC(F)(F)F)c1C(F)(F)F. The summed E-state index contributed by atoms with van der Waals surface area (Å²) >= 11 is 0. The first kappa shape index (κ1) is 15.8. The zero-order valence-electron chi connectivity index (χ0n) is 9.37. The van der Waals surface area contributed by atoms with Gasteiger partial charge in [0.15, 0.2) is 5.56 Å². The number of alkyl halides is 6. The highest BCUT2D eigenvalue weighted by molar-refractivity contribution is 5.55. The molecular weight excluding hydrogens is 302 g/mol. The van der Waals surface area contributed by atoms with E-state index in [1.165, 1.54) is 0 Å². The summed E-state index contributed by atoms with van der Waals surface area (Å²) in [4.78, 5) is 12.0. The van der Waals surface area contributed by atoms with Crippen LogP contribution in [0.3, 0.4) is 0 Å². The summed E-state index contributed by atoms with van der Waals surface area (Å²) in [6, 6.07) is 0. The van der Waals surface area contributed by atoms with E-state index < -0.39 is 40.3 Å². The van der Waals surface area contributed by atoms with Crippen molar-refractivity contribution in [3.05, 3.63) is 21.9 Å². The molecule has 1 aromatic rings. The van der Waals surface area contributed by atoms with Crippen LogP contribution in [0.4, 0.5) is 32.0 Å². The molecule has 0 unspecified atom stereocenters. The highest BCUT2D eigenvalue weighted by Crippen LogP contribution is 2.47. The molecule has 1 heterocycles. The normalized spacial score (nSPS) is 12.2. The van der Waals surface area contributed by atoms with Crippen LogP contribution in [0, 0.1) is 10.1 Å². The average molecular weight is 306 g/mol. The minimum absolute atomic E-state index is 0.176. The molecule has 0 amide bonds. The topological polar surface area (TPSA) is 74.5 Å². The van der Waals surface area contributed by atoms with Crippen molar-refractivity contribution in [3.8, 4) is 11.6 Å². The van der Waals surface area contributed by atoms with Crippen molar-refractivity contribution in [2.24, 2.45) is 0 Å². The number of nitrogens with zero attached hydrogens (tertiary/aromatic N) is 2. The number of rotatable bonds is 3. The van der Waals surface area contributed by atoms with E-state index in [-0.39, 0.29) is 6.20 Å². The van der Waals surface area contributed by atoms with Crippen molar-refractivity contribution < 1.29 is 40.7 Å². The third kappa shape index (κ3) is 3.39. The van der Waals surface area contributed by atoms with Gasteiger partial charge in [0.25, 0.3) is 0 Å². The van der Waals surface area contributed by atoms with Crippen molar-refractivity contribution in [2.75, 3.05) is 7.11 Å². The standard InChI is InChI=1S/C8H4F6N2O4/c1-19-6-4(7(9,10)11)5(20-8(12,13)14)3(2-15-6)16(17)18/h2H,1H3. The molecule has 6 nitrogen and oxygen atoms in total. The minimum Gasteiger partial charge on any atom is -0.480 e. The van der Waals surface area contributed by atoms with Crippen LogP contribution in [-0.2, 0) is 6.18 Å². The quantitative estimate of drug-likeness (QED) is 0.487. The fourth-order valence-electron chi connectivity index (χ4n) is 1.22. The molecule has 0 radical (unpaired) electrons. The molecule has 0 saturated carbocycles. The Labute approximate surface area is 106 Å². The molecule has 112 valence electrons. The van der Waals surface area contributed by atoms with E-state index in [4.69, 9.17) is 0 Å². The van der Waals surface area contributed by atoms with E-state index in [0.717, 1.165) is 0 Å². The lowest BCUT2D eigenvalue weighted by Gasteiger charge is -2.16. The van der Waals surface area contributed by atoms with Gasteiger partial charge < -0.3 is 9.47 Å². The minimum atomic E-state index is -5.56. The third-order valence-electron chi connectivity index (χ3n) is 1.87. The Bertz CT molecular complexity index is 527. The van der Waals surface area contributed by atoms with Crippen LogP contribution in [0.5, 0.6) is 11.6 Å². The van der Waals surface area contributed by atoms with E-state index in [9.17, 15) is 36.5 Å². The molecule has 0 aromatic carbocycles. The molecule has 0 atom stereocenters. The van der Waals surface area contributed by atoms with Crippen LogP contribution in [0.2, 0.25) is 0 Å². The maximum atomic E-state index is 12.7. The Balaban J connectivity index is 3.65. The van der Waals surface area contributed by atoms with Crippen LogP contribution in [0.1, 0.15) is 5.56 Å². The van der Waals surface area contributed by atoms with Gasteiger partial charge in [-0.15, -0.1) is 13.2 Å². The second-order valence-corrected chi connectivity index (χ2v) is 3.16.